The van der Waals surface area contributed by atoms with Gasteiger partial charge in [0.25, 0.3) is 0 Å². The number of aryl methyl sites for hydroxylation is 2. The lowest BCUT2D eigenvalue weighted by atomic mass is 10.1. The Morgan fingerprint density at radius 3 is 2.52 bits per heavy atom. The smallest absolute Gasteiger partial charge is 0.396 e. The lowest BCUT2D eigenvalue weighted by Crippen LogP contribution is -2.22. The van der Waals surface area contributed by atoms with Crippen molar-refractivity contribution in [2.75, 3.05) is 6.61 Å². The second kappa shape index (κ2) is 8.28. The van der Waals surface area contributed by atoms with E-state index in [1.807, 2.05) is 0 Å². The molecule has 0 fully saturated rings. The molecule has 1 unspecified atom stereocenters. The van der Waals surface area contributed by atoms with E-state index in [2.05, 4.69) is 19.4 Å². The van der Waals surface area contributed by atoms with Crippen molar-refractivity contribution in [1.82, 2.24) is 19.4 Å². The zero-order valence-electron chi connectivity index (χ0n) is 14.2. The maximum Gasteiger partial charge on any atom is 0.441 e. The van der Waals surface area contributed by atoms with Gasteiger partial charge < -0.3 is 5.11 Å². The molecule has 2 aromatic rings. The van der Waals surface area contributed by atoms with Crippen molar-refractivity contribution in [2.45, 2.75) is 70.4 Å². The van der Waals surface area contributed by atoms with Gasteiger partial charge >= 0.3 is 11.5 Å². The van der Waals surface area contributed by atoms with Crippen LogP contribution in [-0.2, 0) is 19.4 Å². The van der Waals surface area contributed by atoms with Crippen LogP contribution in [0.15, 0.2) is 18.6 Å². The summed E-state index contributed by atoms with van der Waals surface area (Å²) in [6.45, 7) is 0.874. The standard InChI is InChI=1S/C9H14N2O3.C7H10N2O2/c12-6-5-7-3-1-2-4-8-10-14-9(13)11(7)8;10-7-9-5-3-1-2-4-6(9)8-11-7/h7,12H,1-6H2;1-5H2. The largest absolute Gasteiger partial charge is 0.441 e. The van der Waals surface area contributed by atoms with E-state index in [9.17, 15) is 9.59 Å². The van der Waals surface area contributed by atoms with E-state index in [4.69, 9.17) is 5.11 Å². The number of nitrogens with zero attached hydrogens (tertiary/aromatic N) is 4. The summed E-state index contributed by atoms with van der Waals surface area (Å²) in [5.41, 5.74) is 0. The number of rotatable bonds is 2. The monoisotopic (exact) mass is 352 g/mol. The highest BCUT2D eigenvalue weighted by Gasteiger charge is 2.22. The average molecular weight is 352 g/mol. The van der Waals surface area contributed by atoms with Gasteiger partial charge in [-0.15, -0.1) is 0 Å². The normalized spacial score (nSPS) is 19.8. The molecule has 2 aromatic heterocycles. The van der Waals surface area contributed by atoms with Crippen LogP contribution >= 0.6 is 0 Å². The third kappa shape index (κ3) is 4.09. The topological polar surface area (TPSA) is 116 Å². The molecule has 0 aliphatic carbocycles. The quantitative estimate of drug-likeness (QED) is 0.858. The molecule has 9 nitrogen and oxygen atoms in total. The first-order valence-electron chi connectivity index (χ1n) is 8.94. The van der Waals surface area contributed by atoms with E-state index in [1.165, 1.54) is 6.42 Å². The minimum Gasteiger partial charge on any atom is -0.396 e. The number of fused-ring (bicyclic) bond motifs is 2. The summed E-state index contributed by atoms with van der Waals surface area (Å²) in [7, 11) is 0. The van der Waals surface area contributed by atoms with Crippen molar-refractivity contribution in [3.63, 3.8) is 0 Å². The number of hydrogen-bond donors (Lipinski definition) is 1. The Morgan fingerprint density at radius 2 is 1.68 bits per heavy atom. The Balaban J connectivity index is 0.000000150. The second-order valence-corrected chi connectivity index (χ2v) is 6.47. The fourth-order valence-corrected chi connectivity index (χ4v) is 3.45. The van der Waals surface area contributed by atoms with Gasteiger partial charge in [0.05, 0.1) is 0 Å². The Labute approximate surface area is 144 Å². The van der Waals surface area contributed by atoms with Crippen molar-refractivity contribution < 1.29 is 14.2 Å². The van der Waals surface area contributed by atoms with Crippen LogP contribution in [0.1, 0.15) is 62.6 Å². The zero-order valence-corrected chi connectivity index (χ0v) is 14.2. The maximum atomic E-state index is 11.4. The maximum absolute atomic E-state index is 11.4. The molecule has 25 heavy (non-hydrogen) atoms. The molecule has 0 aromatic carbocycles. The summed E-state index contributed by atoms with van der Waals surface area (Å²) < 4.78 is 12.4. The molecular formula is C16H24N4O5. The van der Waals surface area contributed by atoms with E-state index < -0.39 is 0 Å². The molecule has 0 spiro atoms. The number of aliphatic hydroxyl groups is 1. The van der Waals surface area contributed by atoms with Gasteiger partial charge in [0.1, 0.15) is 0 Å². The number of hydrogen-bond acceptors (Lipinski definition) is 7. The predicted octanol–water partition coefficient (Wildman–Crippen LogP) is 1.05. The van der Waals surface area contributed by atoms with E-state index in [0.717, 1.165) is 63.1 Å². The third-order valence-electron chi connectivity index (χ3n) is 4.76. The predicted molar refractivity (Wildman–Crippen MR) is 87.4 cm³/mol. The van der Waals surface area contributed by atoms with Gasteiger partial charge in [-0.1, -0.05) is 23.2 Å². The van der Waals surface area contributed by atoms with Crippen molar-refractivity contribution >= 4 is 0 Å². The fourth-order valence-electron chi connectivity index (χ4n) is 3.45. The van der Waals surface area contributed by atoms with E-state index in [0.29, 0.717) is 6.42 Å². The van der Waals surface area contributed by atoms with E-state index in [-0.39, 0.29) is 24.2 Å². The highest BCUT2D eigenvalue weighted by Crippen LogP contribution is 2.23. The molecule has 2 aliphatic heterocycles. The molecule has 0 saturated carbocycles. The van der Waals surface area contributed by atoms with Crippen LogP contribution in [0.4, 0.5) is 0 Å². The summed E-state index contributed by atoms with van der Waals surface area (Å²) in [5.74, 6) is 0.848. The van der Waals surface area contributed by atoms with Gasteiger partial charge in [-0.05, 0) is 32.1 Å². The van der Waals surface area contributed by atoms with Crippen LogP contribution in [0.5, 0.6) is 0 Å². The van der Waals surface area contributed by atoms with Crippen LogP contribution in [0, 0.1) is 0 Å². The molecule has 0 radical (unpaired) electrons. The van der Waals surface area contributed by atoms with Crippen molar-refractivity contribution in [3.05, 3.63) is 32.8 Å². The summed E-state index contributed by atoms with van der Waals surface area (Å²) in [6.07, 6.45) is 8.69. The SMILES string of the molecule is O=c1onc2n1C(CCO)CCCC2.O=c1onc2n1CCCCC2. The molecule has 138 valence electrons. The summed E-state index contributed by atoms with van der Waals surface area (Å²) >= 11 is 0. The van der Waals surface area contributed by atoms with Crippen molar-refractivity contribution in [2.24, 2.45) is 0 Å². The Bertz CT molecular complexity index is 787. The highest BCUT2D eigenvalue weighted by molar-refractivity contribution is 4.91. The summed E-state index contributed by atoms with van der Waals surface area (Å²) in [4.78, 5) is 22.3. The number of aliphatic hydroxyl groups excluding tert-OH is 1. The first-order valence-corrected chi connectivity index (χ1v) is 8.94. The van der Waals surface area contributed by atoms with Crippen molar-refractivity contribution in [3.8, 4) is 0 Å². The van der Waals surface area contributed by atoms with Crippen molar-refractivity contribution in [1.29, 1.82) is 0 Å². The van der Waals surface area contributed by atoms with E-state index in [1.54, 1.807) is 9.13 Å². The molecule has 1 atom stereocenters. The van der Waals surface area contributed by atoms with Crippen LogP contribution in [0.2, 0.25) is 0 Å². The van der Waals surface area contributed by atoms with Gasteiger partial charge in [0.15, 0.2) is 11.6 Å². The molecular weight excluding hydrogens is 328 g/mol. The zero-order chi connectivity index (χ0) is 17.6. The minimum atomic E-state index is -0.389. The third-order valence-corrected chi connectivity index (χ3v) is 4.76. The molecule has 4 rings (SSSR count). The lowest BCUT2D eigenvalue weighted by Gasteiger charge is -2.13. The average Bonchev–Trinajstić information content (AvgIpc) is 2.95. The molecule has 2 aliphatic rings. The summed E-state index contributed by atoms with van der Waals surface area (Å²) in [5, 5.41) is 16.3. The first kappa shape index (κ1) is 17.7. The van der Waals surface area contributed by atoms with Crippen LogP contribution in [-0.4, -0.2) is 31.2 Å². The van der Waals surface area contributed by atoms with E-state index >= 15 is 0 Å². The molecule has 0 bridgehead atoms. The van der Waals surface area contributed by atoms with Crippen LogP contribution in [0.3, 0.4) is 0 Å². The van der Waals surface area contributed by atoms with Gasteiger partial charge in [-0.2, -0.15) is 0 Å². The molecule has 1 N–H and O–H groups in total. The molecule has 0 amide bonds. The Hall–Kier alpha value is -2.16. The summed E-state index contributed by atoms with van der Waals surface area (Å²) in [6, 6.07) is 0.0660. The molecule has 0 saturated heterocycles. The minimum absolute atomic E-state index is 0.0660. The molecule has 4 heterocycles. The van der Waals surface area contributed by atoms with Crippen LogP contribution in [0.25, 0.3) is 0 Å². The highest BCUT2D eigenvalue weighted by atomic mass is 16.5. The van der Waals surface area contributed by atoms with Crippen LogP contribution < -0.4 is 11.5 Å². The van der Waals surface area contributed by atoms with Gasteiger partial charge in [-0.25, -0.2) is 9.59 Å². The Kier molecular flexibility index (Phi) is 5.85. The fraction of sp³-hybridized carbons (Fsp3) is 0.750. The molecule has 9 heteroatoms. The van der Waals surface area contributed by atoms with Gasteiger partial charge in [-0.3, -0.25) is 18.2 Å². The second-order valence-electron chi connectivity index (χ2n) is 6.47. The number of aromatic nitrogens is 4. The van der Waals surface area contributed by atoms with Gasteiger partial charge in [0.2, 0.25) is 0 Å². The first-order chi connectivity index (χ1) is 12.2. The van der Waals surface area contributed by atoms with Gasteiger partial charge in [0, 0.05) is 32.0 Å². The Morgan fingerprint density at radius 1 is 0.960 bits per heavy atom. The lowest BCUT2D eigenvalue weighted by molar-refractivity contribution is 0.246.